The SMILES string of the molecule is CCOC(=O)C1=C(CSc2nnc(-c3ccoc3C)o2)NC(=O)N[C@@H]1c1cccs1. The number of esters is 1. The van der Waals surface area contributed by atoms with Crippen molar-refractivity contribution in [2.24, 2.45) is 0 Å². The van der Waals surface area contributed by atoms with Crippen molar-refractivity contribution in [2.75, 3.05) is 12.4 Å². The van der Waals surface area contributed by atoms with E-state index in [9.17, 15) is 9.59 Å². The first-order chi connectivity index (χ1) is 14.6. The van der Waals surface area contributed by atoms with Gasteiger partial charge in [0.1, 0.15) is 5.76 Å². The predicted molar refractivity (Wildman–Crippen MR) is 110 cm³/mol. The third-order valence-electron chi connectivity index (χ3n) is 4.31. The van der Waals surface area contributed by atoms with E-state index in [0.717, 1.165) is 4.88 Å². The van der Waals surface area contributed by atoms with Crippen molar-refractivity contribution >= 4 is 35.1 Å². The van der Waals surface area contributed by atoms with Crippen LogP contribution in [0.3, 0.4) is 0 Å². The molecule has 2 N–H and O–H groups in total. The van der Waals surface area contributed by atoms with E-state index in [2.05, 4.69) is 20.8 Å². The number of nitrogens with zero attached hydrogens (tertiary/aromatic N) is 2. The van der Waals surface area contributed by atoms with Crippen LogP contribution in [0.2, 0.25) is 0 Å². The Labute approximate surface area is 179 Å². The number of ether oxygens (including phenoxy) is 1. The van der Waals surface area contributed by atoms with Gasteiger partial charge in [0.15, 0.2) is 0 Å². The van der Waals surface area contributed by atoms with E-state index in [1.165, 1.54) is 23.1 Å². The number of thioether (sulfide) groups is 1. The van der Waals surface area contributed by atoms with Crippen molar-refractivity contribution in [1.29, 1.82) is 0 Å². The van der Waals surface area contributed by atoms with E-state index in [4.69, 9.17) is 13.6 Å². The fourth-order valence-corrected chi connectivity index (χ4v) is 4.48. The predicted octanol–water partition coefficient (Wildman–Crippen LogP) is 3.66. The zero-order valence-electron chi connectivity index (χ0n) is 16.1. The second kappa shape index (κ2) is 8.76. The lowest BCUT2D eigenvalue weighted by atomic mass is 10.0. The molecule has 0 bridgehead atoms. The van der Waals surface area contributed by atoms with Crippen molar-refractivity contribution in [3.63, 3.8) is 0 Å². The minimum absolute atomic E-state index is 0.227. The minimum Gasteiger partial charge on any atom is -0.469 e. The van der Waals surface area contributed by atoms with Gasteiger partial charge >= 0.3 is 12.0 Å². The summed E-state index contributed by atoms with van der Waals surface area (Å²) in [4.78, 5) is 25.8. The van der Waals surface area contributed by atoms with Crippen LogP contribution in [0.5, 0.6) is 0 Å². The summed E-state index contributed by atoms with van der Waals surface area (Å²) in [6.45, 7) is 3.77. The Hall–Kier alpha value is -3.05. The molecular formula is C19H18N4O5S2. The average Bonchev–Trinajstić information content (AvgIpc) is 3.47. The molecule has 4 rings (SSSR count). The van der Waals surface area contributed by atoms with Gasteiger partial charge in [-0.25, -0.2) is 9.59 Å². The van der Waals surface area contributed by atoms with E-state index in [1.54, 1.807) is 26.2 Å². The average molecular weight is 447 g/mol. The van der Waals surface area contributed by atoms with Crippen molar-refractivity contribution < 1.29 is 23.2 Å². The lowest BCUT2D eigenvalue weighted by Gasteiger charge is -2.28. The maximum Gasteiger partial charge on any atom is 0.338 e. The second-order valence-corrected chi connectivity index (χ2v) is 8.12. The van der Waals surface area contributed by atoms with Crippen LogP contribution < -0.4 is 10.6 Å². The summed E-state index contributed by atoms with van der Waals surface area (Å²) >= 11 is 2.67. The Kier molecular flexibility index (Phi) is 5.91. The van der Waals surface area contributed by atoms with Crippen molar-refractivity contribution in [3.8, 4) is 11.5 Å². The summed E-state index contributed by atoms with van der Waals surface area (Å²) in [6.07, 6.45) is 1.55. The number of carbonyl (C=O) groups is 2. The van der Waals surface area contributed by atoms with Gasteiger partial charge in [0, 0.05) is 16.3 Å². The first-order valence-electron chi connectivity index (χ1n) is 9.08. The maximum atomic E-state index is 12.7. The number of carbonyl (C=O) groups excluding carboxylic acids is 2. The number of aryl methyl sites for hydroxylation is 1. The molecule has 3 aromatic heterocycles. The van der Waals surface area contributed by atoms with E-state index in [1.807, 2.05) is 17.5 Å². The van der Waals surface area contributed by atoms with Gasteiger partial charge in [-0.2, -0.15) is 0 Å². The van der Waals surface area contributed by atoms with Crippen molar-refractivity contribution in [2.45, 2.75) is 25.1 Å². The Balaban J connectivity index is 1.60. The molecule has 0 radical (unpaired) electrons. The Morgan fingerprint density at radius 3 is 2.93 bits per heavy atom. The van der Waals surface area contributed by atoms with Gasteiger partial charge in [0.05, 0.1) is 30.0 Å². The number of hydrogen-bond donors (Lipinski definition) is 2. The van der Waals surface area contributed by atoms with Crippen LogP contribution in [0.1, 0.15) is 23.6 Å². The Morgan fingerprint density at radius 1 is 1.37 bits per heavy atom. The van der Waals surface area contributed by atoms with Crippen LogP contribution in [-0.2, 0) is 9.53 Å². The highest BCUT2D eigenvalue weighted by Crippen LogP contribution is 2.33. The number of aromatic nitrogens is 2. The summed E-state index contributed by atoms with van der Waals surface area (Å²) in [5.41, 5.74) is 1.52. The monoisotopic (exact) mass is 446 g/mol. The van der Waals surface area contributed by atoms with Crippen LogP contribution in [-0.4, -0.2) is 34.6 Å². The van der Waals surface area contributed by atoms with Gasteiger partial charge in [-0.05, 0) is 31.4 Å². The first kappa shape index (κ1) is 20.2. The Morgan fingerprint density at radius 2 is 2.23 bits per heavy atom. The molecule has 0 spiro atoms. The molecule has 0 saturated heterocycles. The highest BCUT2D eigenvalue weighted by Gasteiger charge is 2.34. The topological polar surface area (TPSA) is 119 Å². The molecule has 1 aliphatic rings. The Bertz CT molecular complexity index is 1090. The number of furan rings is 1. The molecule has 0 fully saturated rings. The number of thiophene rings is 1. The molecule has 0 saturated carbocycles. The number of amides is 2. The van der Waals surface area contributed by atoms with Gasteiger partial charge in [-0.15, -0.1) is 21.5 Å². The van der Waals surface area contributed by atoms with Gasteiger partial charge < -0.3 is 24.2 Å². The minimum atomic E-state index is -0.583. The molecule has 1 atom stereocenters. The van der Waals surface area contributed by atoms with E-state index in [0.29, 0.717) is 33.7 Å². The molecule has 4 heterocycles. The lowest BCUT2D eigenvalue weighted by Crippen LogP contribution is -2.46. The second-order valence-electron chi connectivity index (χ2n) is 6.21. The smallest absolute Gasteiger partial charge is 0.338 e. The largest absolute Gasteiger partial charge is 0.469 e. The zero-order valence-corrected chi connectivity index (χ0v) is 17.8. The molecule has 2 amide bonds. The molecular weight excluding hydrogens is 428 g/mol. The van der Waals surface area contributed by atoms with Crippen LogP contribution >= 0.6 is 23.1 Å². The van der Waals surface area contributed by atoms with Crippen LogP contribution in [0.4, 0.5) is 4.79 Å². The van der Waals surface area contributed by atoms with E-state index < -0.39 is 18.0 Å². The number of hydrogen-bond acceptors (Lipinski definition) is 9. The lowest BCUT2D eigenvalue weighted by molar-refractivity contribution is -0.139. The van der Waals surface area contributed by atoms with E-state index in [-0.39, 0.29) is 12.4 Å². The van der Waals surface area contributed by atoms with Crippen LogP contribution in [0, 0.1) is 6.92 Å². The number of rotatable bonds is 7. The standard InChI is InChI=1S/C19H18N4O5S2/c1-3-26-17(24)14-12(20-18(25)21-15(14)13-5-4-8-29-13)9-30-19-23-22-16(28-19)11-6-7-27-10(11)2/h4-8,15H,3,9H2,1-2H3,(H2,20,21,25)/t15-/m1/s1. The molecule has 1 aliphatic heterocycles. The summed E-state index contributed by atoms with van der Waals surface area (Å²) in [5, 5.41) is 15.8. The molecule has 11 heteroatoms. The molecule has 0 aliphatic carbocycles. The molecule has 0 aromatic carbocycles. The van der Waals surface area contributed by atoms with E-state index >= 15 is 0 Å². The van der Waals surface area contributed by atoms with Crippen molar-refractivity contribution in [1.82, 2.24) is 20.8 Å². The number of urea groups is 1. The van der Waals surface area contributed by atoms with Gasteiger partial charge in [-0.3, -0.25) is 0 Å². The maximum absolute atomic E-state index is 12.7. The summed E-state index contributed by atoms with van der Waals surface area (Å²) in [7, 11) is 0. The van der Waals surface area contributed by atoms with Crippen LogP contribution in [0.25, 0.3) is 11.5 Å². The third kappa shape index (κ3) is 4.12. The number of nitrogens with one attached hydrogen (secondary N) is 2. The fourth-order valence-electron chi connectivity index (χ4n) is 2.97. The van der Waals surface area contributed by atoms with Gasteiger partial charge in [-0.1, -0.05) is 17.8 Å². The molecule has 0 unspecified atom stereocenters. The van der Waals surface area contributed by atoms with Gasteiger partial charge in [0.25, 0.3) is 11.1 Å². The molecule has 156 valence electrons. The zero-order chi connectivity index (χ0) is 21.1. The summed E-state index contributed by atoms with van der Waals surface area (Å²) in [6, 6.07) is 4.50. The highest BCUT2D eigenvalue weighted by molar-refractivity contribution is 7.99. The van der Waals surface area contributed by atoms with Crippen molar-refractivity contribution in [3.05, 3.63) is 51.7 Å². The summed E-state index contributed by atoms with van der Waals surface area (Å²) in [5.74, 6) is 0.774. The van der Waals surface area contributed by atoms with Gasteiger partial charge in [0.2, 0.25) is 0 Å². The highest BCUT2D eigenvalue weighted by atomic mass is 32.2. The third-order valence-corrected chi connectivity index (χ3v) is 6.09. The molecule has 9 nitrogen and oxygen atoms in total. The molecule has 30 heavy (non-hydrogen) atoms. The normalized spacial score (nSPS) is 16.3. The quantitative estimate of drug-likeness (QED) is 0.417. The summed E-state index contributed by atoms with van der Waals surface area (Å²) < 4.78 is 16.2. The first-order valence-corrected chi connectivity index (χ1v) is 10.9. The molecule has 3 aromatic rings. The fraction of sp³-hybridized carbons (Fsp3) is 0.263. The van der Waals surface area contributed by atoms with Crippen LogP contribution in [0.15, 0.2) is 55.2 Å².